The summed E-state index contributed by atoms with van der Waals surface area (Å²) < 4.78 is 0. The number of Topliss-reactive ketones (excluding diaryl/α,β-unsaturated/α-hetero) is 1. The van der Waals surface area contributed by atoms with Crippen LogP contribution in [-0.2, 0) is 4.79 Å². The number of carbonyl (C=O) groups excluding carboxylic acids is 1. The lowest BCUT2D eigenvalue weighted by molar-refractivity contribution is -0.140. The van der Waals surface area contributed by atoms with Crippen LogP contribution in [0.5, 0.6) is 0 Å². The lowest BCUT2D eigenvalue weighted by atomic mass is 9.44. The van der Waals surface area contributed by atoms with Gasteiger partial charge in [0.15, 0.2) is 0 Å². The molecule has 1 N–H and O–H groups in total. The van der Waals surface area contributed by atoms with Gasteiger partial charge in [-0.05, 0) is 91.3 Å². The molecule has 0 heterocycles. The maximum atomic E-state index is 12.0. The highest BCUT2D eigenvalue weighted by Gasteiger charge is 2.60. The summed E-state index contributed by atoms with van der Waals surface area (Å²) >= 11 is 0. The van der Waals surface area contributed by atoms with Crippen molar-refractivity contribution in [3.05, 3.63) is 0 Å². The number of hydrogen-bond acceptors (Lipinski definition) is 2. The van der Waals surface area contributed by atoms with Crippen molar-refractivity contribution in [1.82, 2.24) is 0 Å². The Hall–Kier alpha value is -0.370. The van der Waals surface area contributed by atoms with Gasteiger partial charge in [0, 0.05) is 19.4 Å². The number of hydrogen-bond donors (Lipinski definition) is 1. The van der Waals surface area contributed by atoms with Gasteiger partial charge < -0.3 is 5.11 Å². The second kappa shape index (κ2) is 5.83. The molecular weight excluding hydrogens is 296 g/mol. The van der Waals surface area contributed by atoms with Crippen LogP contribution < -0.4 is 0 Å². The zero-order valence-electron chi connectivity index (χ0n) is 15.9. The van der Waals surface area contributed by atoms with Crippen molar-refractivity contribution in [3.63, 3.8) is 0 Å². The fraction of sp³-hybridized carbons (Fsp3) is 0.955. The van der Waals surface area contributed by atoms with Crippen LogP contribution in [0.4, 0.5) is 0 Å². The molecule has 0 radical (unpaired) electrons. The minimum atomic E-state index is 0.350. The Morgan fingerprint density at radius 3 is 2.54 bits per heavy atom. The molecule has 0 spiro atoms. The summed E-state index contributed by atoms with van der Waals surface area (Å²) in [7, 11) is 0. The molecule has 8 atom stereocenters. The molecule has 4 rings (SSSR count). The molecule has 0 aromatic carbocycles. The summed E-state index contributed by atoms with van der Waals surface area (Å²) in [4.78, 5) is 12.0. The summed E-state index contributed by atoms with van der Waals surface area (Å²) in [5, 5.41) is 9.72. The monoisotopic (exact) mass is 332 g/mol. The Balaban J connectivity index is 1.60. The number of rotatable bonds is 2. The van der Waals surface area contributed by atoms with Gasteiger partial charge in [0.05, 0.1) is 0 Å². The van der Waals surface area contributed by atoms with E-state index in [0.29, 0.717) is 41.0 Å². The molecule has 0 unspecified atom stereocenters. The standard InChI is InChI=1S/C22H36O2/c1-14(13-23)18-6-7-19-17-5-4-15-12-16(24)8-10-21(15,2)20(17)9-11-22(18,19)3/h14-15,17-20,23H,4-13H2,1-3H3/t14-,15+,17+,18-,19+,20+,21+,22-/m1/s1. The molecule has 0 aliphatic heterocycles. The number of ketones is 1. The van der Waals surface area contributed by atoms with Crippen molar-refractivity contribution < 1.29 is 9.90 Å². The normalized spacial score (nSPS) is 52.3. The topological polar surface area (TPSA) is 37.3 Å². The number of carbonyl (C=O) groups is 1. The van der Waals surface area contributed by atoms with Crippen LogP contribution >= 0.6 is 0 Å². The Morgan fingerprint density at radius 1 is 1.04 bits per heavy atom. The summed E-state index contributed by atoms with van der Waals surface area (Å²) in [6.07, 6.45) is 10.9. The molecule has 0 aromatic heterocycles. The lowest BCUT2D eigenvalue weighted by Crippen LogP contribution is -2.53. The van der Waals surface area contributed by atoms with Gasteiger partial charge in [-0.3, -0.25) is 4.79 Å². The van der Waals surface area contributed by atoms with Gasteiger partial charge in [-0.25, -0.2) is 0 Å². The molecule has 4 saturated carbocycles. The average molecular weight is 333 g/mol. The van der Waals surface area contributed by atoms with E-state index in [1.807, 2.05) is 0 Å². The van der Waals surface area contributed by atoms with Crippen LogP contribution in [-0.4, -0.2) is 17.5 Å². The zero-order valence-corrected chi connectivity index (χ0v) is 15.9. The van der Waals surface area contributed by atoms with Crippen molar-refractivity contribution in [2.24, 2.45) is 46.3 Å². The van der Waals surface area contributed by atoms with Gasteiger partial charge in [0.25, 0.3) is 0 Å². The highest BCUT2D eigenvalue weighted by Crippen LogP contribution is 2.67. The minimum Gasteiger partial charge on any atom is -0.396 e. The summed E-state index contributed by atoms with van der Waals surface area (Å²) in [5.74, 6) is 4.96. The van der Waals surface area contributed by atoms with Crippen LogP contribution in [0.1, 0.15) is 78.6 Å². The highest BCUT2D eigenvalue weighted by atomic mass is 16.3. The summed E-state index contributed by atoms with van der Waals surface area (Å²) in [5.41, 5.74) is 0.885. The largest absolute Gasteiger partial charge is 0.396 e. The smallest absolute Gasteiger partial charge is 0.133 e. The zero-order chi connectivity index (χ0) is 17.1. The van der Waals surface area contributed by atoms with E-state index in [9.17, 15) is 9.90 Å². The maximum Gasteiger partial charge on any atom is 0.133 e. The van der Waals surface area contributed by atoms with E-state index >= 15 is 0 Å². The Labute approximate surface area is 147 Å². The van der Waals surface area contributed by atoms with Crippen LogP contribution in [0.25, 0.3) is 0 Å². The van der Waals surface area contributed by atoms with Gasteiger partial charge in [-0.1, -0.05) is 20.8 Å². The summed E-state index contributed by atoms with van der Waals surface area (Å²) in [6, 6.07) is 0. The van der Waals surface area contributed by atoms with Crippen LogP contribution in [0.2, 0.25) is 0 Å². The first-order valence-corrected chi connectivity index (χ1v) is 10.5. The van der Waals surface area contributed by atoms with Crippen LogP contribution in [0.15, 0.2) is 0 Å². The molecule has 0 saturated heterocycles. The number of aliphatic hydroxyl groups is 1. The van der Waals surface area contributed by atoms with Gasteiger partial charge >= 0.3 is 0 Å². The summed E-state index contributed by atoms with van der Waals surface area (Å²) in [6.45, 7) is 7.70. The molecule has 0 aromatic rings. The van der Waals surface area contributed by atoms with Crippen LogP contribution in [0.3, 0.4) is 0 Å². The maximum absolute atomic E-state index is 12.0. The predicted octanol–water partition coefficient (Wildman–Crippen LogP) is 4.84. The Bertz CT molecular complexity index is 514. The Kier molecular flexibility index (Phi) is 4.14. The molecule has 2 heteroatoms. The van der Waals surface area contributed by atoms with Crippen molar-refractivity contribution in [1.29, 1.82) is 0 Å². The molecule has 136 valence electrons. The predicted molar refractivity (Wildman–Crippen MR) is 96.5 cm³/mol. The van der Waals surface area contributed by atoms with E-state index < -0.39 is 0 Å². The fourth-order valence-electron chi connectivity index (χ4n) is 8.15. The second-order valence-corrected chi connectivity index (χ2v) is 10.3. The minimum absolute atomic E-state index is 0.350. The van der Waals surface area contributed by atoms with E-state index in [0.717, 1.165) is 37.0 Å². The quantitative estimate of drug-likeness (QED) is 0.785. The average Bonchev–Trinajstić information content (AvgIpc) is 2.92. The Morgan fingerprint density at radius 2 is 1.79 bits per heavy atom. The van der Waals surface area contributed by atoms with Crippen molar-refractivity contribution in [2.45, 2.75) is 78.6 Å². The van der Waals surface area contributed by atoms with Crippen LogP contribution in [0, 0.1) is 46.3 Å². The SMILES string of the molecule is C[C@H](CO)[C@H]1CC[C@H]2[C@@H]3CC[C@H]4CC(=O)CC[C@]4(C)[C@H]3CC[C@]12C. The van der Waals surface area contributed by atoms with Crippen molar-refractivity contribution >= 4 is 5.78 Å². The number of fused-ring (bicyclic) bond motifs is 5. The molecular formula is C22H36O2. The van der Waals surface area contributed by atoms with E-state index in [1.54, 1.807) is 0 Å². The number of aliphatic hydroxyl groups excluding tert-OH is 1. The first-order chi connectivity index (χ1) is 11.4. The molecule has 24 heavy (non-hydrogen) atoms. The first kappa shape index (κ1) is 17.1. The van der Waals surface area contributed by atoms with Gasteiger partial charge in [0.1, 0.15) is 5.78 Å². The second-order valence-electron chi connectivity index (χ2n) is 10.3. The fourth-order valence-corrected chi connectivity index (χ4v) is 8.15. The van der Waals surface area contributed by atoms with Gasteiger partial charge in [-0.2, -0.15) is 0 Å². The molecule has 0 bridgehead atoms. The van der Waals surface area contributed by atoms with E-state index in [4.69, 9.17) is 0 Å². The van der Waals surface area contributed by atoms with Gasteiger partial charge in [0.2, 0.25) is 0 Å². The molecule has 4 aliphatic rings. The third-order valence-corrected chi connectivity index (χ3v) is 9.53. The molecule has 2 nitrogen and oxygen atoms in total. The van der Waals surface area contributed by atoms with Gasteiger partial charge in [-0.15, -0.1) is 0 Å². The molecule has 4 fully saturated rings. The third kappa shape index (κ3) is 2.27. The molecule has 0 amide bonds. The molecule has 4 aliphatic carbocycles. The van der Waals surface area contributed by atoms with Crippen molar-refractivity contribution in [2.75, 3.05) is 6.61 Å². The first-order valence-electron chi connectivity index (χ1n) is 10.5. The van der Waals surface area contributed by atoms with Crippen molar-refractivity contribution in [3.8, 4) is 0 Å². The lowest BCUT2D eigenvalue weighted by Gasteiger charge is -2.60. The van der Waals surface area contributed by atoms with E-state index in [-0.39, 0.29) is 0 Å². The van der Waals surface area contributed by atoms with E-state index in [1.165, 1.54) is 38.5 Å². The highest BCUT2D eigenvalue weighted by molar-refractivity contribution is 5.79. The van der Waals surface area contributed by atoms with E-state index in [2.05, 4.69) is 20.8 Å². The third-order valence-electron chi connectivity index (χ3n) is 9.53.